The Morgan fingerprint density at radius 3 is 2.45 bits per heavy atom. The lowest BCUT2D eigenvalue weighted by atomic mass is 9.64. The third-order valence-corrected chi connectivity index (χ3v) is 6.15. The highest BCUT2D eigenvalue weighted by atomic mass is 79.9. The van der Waals surface area contributed by atoms with E-state index in [0.717, 1.165) is 28.6 Å². The number of methoxy groups -OCH3 is 1. The Hall–Kier alpha value is -2.34. The summed E-state index contributed by atoms with van der Waals surface area (Å²) < 4.78 is 6.24. The quantitative estimate of drug-likeness (QED) is 0.620. The summed E-state index contributed by atoms with van der Waals surface area (Å²) in [7, 11) is 1.61. The predicted octanol–water partition coefficient (Wildman–Crippen LogP) is 4.26. The molecule has 0 heterocycles. The molecule has 5 nitrogen and oxygen atoms in total. The summed E-state index contributed by atoms with van der Waals surface area (Å²) in [5.41, 5.74) is 2.14. The van der Waals surface area contributed by atoms with Crippen LogP contribution in [0.2, 0.25) is 0 Å². The maximum atomic E-state index is 12.7. The number of hydrogen-bond donors (Lipinski definition) is 2. The van der Waals surface area contributed by atoms with Crippen molar-refractivity contribution in [3.63, 3.8) is 0 Å². The van der Waals surface area contributed by atoms with Crippen LogP contribution in [0.1, 0.15) is 49.8 Å². The molecule has 3 rings (SSSR count). The minimum absolute atomic E-state index is 0.00303. The topological polar surface area (TPSA) is 67.4 Å². The molecule has 0 radical (unpaired) electrons. The standard InChI is InChI=1S/C23H27BrN2O3/c1-16(27)26-21(17-7-9-20(29-2)10-8-17)14-22(28)25-15-23(11-4-12-23)18-5-3-6-19(24)13-18/h3,5-10,13,21H,4,11-12,14-15H2,1-2H3,(H,25,28)(H,26,27). The van der Waals surface area contributed by atoms with Crippen LogP contribution in [0.15, 0.2) is 53.0 Å². The SMILES string of the molecule is COc1ccc(C(CC(=O)NCC2(c3cccc(Br)c3)CCC2)NC(C)=O)cc1. The van der Waals surface area contributed by atoms with E-state index in [1.165, 1.54) is 18.9 Å². The number of amides is 2. The second kappa shape index (κ2) is 9.44. The van der Waals surface area contributed by atoms with Gasteiger partial charge in [0.05, 0.1) is 19.6 Å². The van der Waals surface area contributed by atoms with E-state index in [-0.39, 0.29) is 29.7 Å². The number of carbonyl (C=O) groups is 2. The van der Waals surface area contributed by atoms with Gasteiger partial charge < -0.3 is 15.4 Å². The van der Waals surface area contributed by atoms with Crippen LogP contribution in [0.25, 0.3) is 0 Å². The van der Waals surface area contributed by atoms with Crippen LogP contribution >= 0.6 is 15.9 Å². The van der Waals surface area contributed by atoms with Crippen LogP contribution < -0.4 is 15.4 Å². The van der Waals surface area contributed by atoms with Crippen LogP contribution in [0.3, 0.4) is 0 Å². The Bertz CT molecular complexity index is 863. The molecule has 6 heteroatoms. The molecule has 2 aromatic rings. The van der Waals surface area contributed by atoms with Crippen LogP contribution in [0.4, 0.5) is 0 Å². The zero-order valence-electron chi connectivity index (χ0n) is 16.8. The largest absolute Gasteiger partial charge is 0.497 e. The Morgan fingerprint density at radius 1 is 1.17 bits per heavy atom. The number of ether oxygens (including phenoxy) is 1. The fourth-order valence-corrected chi connectivity index (χ4v) is 4.25. The Morgan fingerprint density at radius 2 is 1.90 bits per heavy atom. The minimum Gasteiger partial charge on any atom is -0.497 e. The highest BCUT2D eigenvalue weighted by Gasteiger charge is 2.39. The first kappa shape index (κ1) is 21.4. The summed E-state index contributed by atoms with van der Waals surface area (Å²) in [5.74, 6) is 0.504. The third-order valence-electron chi connectivity index (χ3n) is 5.66. The molecule has 1 fully saturated rings. The molecule has 0 aliphatic heterocycles. The number of carbonyl (C=O) groups excluding carboxylic acids is 2. The van der Waals surface area contributed by atoms with Gasteiger partial charge in [-0.25, -0.2) is 0 Å². The maximum absolute atomic E-state index is 12.7. The van der Waals surface area contributed by atoms with Crippen molar-refractivity contribution in [2.45, 2.75) is 44.1 Å². The first-order chi connectivity index (χ1) is 13.9. The smallest absolute Gasteiger partial charge is 0.222 e. The van der Waals surface area contributed by atoms with Crippen LogP contribution in [0.5, 0.6) is 5.75 Å². The lowest BCUT2D eigenvalue weighted by Gasteiger charge is -2.42. The predicted molar refractivity (Wildman–Crippen MR) is 117 cm³/mol. The van der Waals surface area contributed by atoms with Gasteiger partial charge in [0.25, 0.3) is 0 Å². The Labute approximate surface area is 180 Å². The molecule has 1 aliphatic rings. The van der Waals surface area contributed by atoms with E-state index in [9.17, 15) is 9.59 Å². The highest BCUT2D eigenvalue weighted by Crippen LogP contribution is 2.43. The highest BCUT2D eigenvalue weighted by molar-refractivity contribution is 9.10. The van der Waals surface area contributed by atoms with E-state index in [1.807, 2.05) is 36.4 Å². The lowest BCUT2D eigenvalue weighted by Crippen LogP contribution is -2.46. The van der Waals surface area contributed by atoms with Crippen molar-refractivity contribution in [3.05, 3.63) is 64.1 Å². The van der Waals surface area contributed by atoms with Crippen molar-refractivity contribution < 1.29 is 14.3 Å². The van der Waals surface area contributed by atoms with Crippen molar-refractivity contribution in [1.29, 1.82) is 0 Å². The molecule has 2 aromatic carbocycles. The van der Waals surface area contributed by atoms with Crippen LogP contribution in [0, 0.1) is 0 Å². The van der Waals surface area contributed by atoms with E-state index >= 15 is 0 Å². The number of halogens is 1. The normalized spacial score (nSPS) is 15.7. The summed E-state index contributed by atoms with van der Waals surface area (Å²) in [6, 6.07) is 15.4. The Kier molecular flexibility index (Phi) is 6.96. The number of nitrogens with one attached hydrogen (secondary N) is 2. The first-order valence-corrected chi connectivity index (χ1v) is 10.6. The van der Waals surface area contributed by atoms with Crippen LogP contribution in [-0.4, -0.2) is 25.5 Å². The number of hydrogen-bond acceptors (Lipinski definition) is 3. The van der Waals surface area contributed by atoms with Crippen LogP contribution in [-0.2, 0) is 15.0 Å². The van der Waals surface area contributed by atoms with E-state index in [2.05, 4.69) is 38.7 Å². The average molecular weight is 459 g/mol. The molecular weight excluding hydrogens is 432 g/mol. The van der Waals surface area contributed by atoms with Crippen molar-refractivity contribution in [2.75, 3.05) is 13.7 Å². The van der Waals surface area contributed by atoms with Crippen molar-refractivity contribution >= 4 is 27.7 Å². The fourth-order valence-electron chi connectivity index (χ4n) is 3.85. The molecule has 1 saturated carbocycles. The molecule has 154 valence electrons. The van der Waals surface area contributed by atoms with Crippen molar-refractivity contribution in [3.8, 4) is 5.75 Å². The molecule has 0 spiro atoms. The molecule has 2 amide bonds. The summed E-state index contributed by atoms with van der Waals surface area (Å²) in [6.45, 7) is 2.07. The molecule has 29 heavy (non-hydrogen) atoms. The van der Waals surface area contributed by atoms with Gasteiger partial charge >= 0.3 is 0 Å². The molecule has 0 saturated heterocycles. The number of rotatable bonds is 8. The van der Waals surface area contributed by atoms with Gasteiger partial charge in [-0.05, 0) is 48.2 Å². The van der Waals surface area contributed by atoms with Crippen molar-refractivity contribution in [2.24, 2.45) is 0 Å². The minimum atomic E-state index is -0.374. The van der Waals surface area contributed by atoms with Gasteiger partial charge in [0.15, 0.2) is 0 Å². The average Bonchev–Trinajstić information content (AvgIpc) is 2.66. The fraction of sp³-hybridized carbons (Fsp3) is 0.391. The third kappa shape index (κ3) is 5.38. The zero-order chi connectivity index (χ0) is 20.9. The maximum Gasteiger partial charge on any atom is 0.222 e. The molecule has 1 aliphatic carbocycles. The lowest BCUT2D eigenvalue weighted by molar-refractivity contribution is -0.123. The first-order valence-electron chi connectivity index (χ1n) is 9.86. The van der Waals surface area contributed by atoms with Gasteiger partial charge in [0, 0.05) is 23.4 Å². The van der Waals surface area contributed by atoms with E-state index in [0.29, 0.717) is 6.54 Å². The van der Waals surface area contributed by atoms with E-state index in [4.69, 9.17) is 4.74 Å². The van der Waals surface area contributed by atoms with Crippen molar-refractivity contribution in [1.82, 2.24) is 10.6 Å². The molecule has 0 bridgehead atoms. The summed E-state index contributed by atoms with van der Waals surface area (Å²) >= 11 is 3.54. The second-order valence-corrected chi connectivity index (χ2v) is 8.57. The monoisotopic (exact) mass is 458 g/mol. The summed E-state index contributed by atoms with van der Waals surface area (Å²) in [4.78, 5) is 24.4. The summed E-state index contributed by atoms with van der Waals surface area (Å²) in [5, 5.41) is 5.99. The molecular formula is C23H27BrN2O3. The number of benzene rings is 2. The zero-order valence-corrected chi connectivity index (χ0v) is 18.4. The van der Waals surface area contributed by atoms with E-state index < -0.39 is 0 Å². The summed E-state index contributed by atoms with van der Waals surface area (Å²) in [6.07, 6.45) is 3.50. The van der Waals surface area contributed by atoms with Gasteiger partial charge in [-0.1, -0.05) is 46.6 Å². The molecule has 2 N–H and O–H groups in total. The Balaban J connectivity index is 1.65. The molecule has 0 aromatic heterocycles. The van der Waals surface area contributed by atoms with Gasteiger partial charge in [-0.3, -0.25) is 9.59 Å². The second-order valence-electron chi connectivity index (χ2n) is 7.65. The van der Waals surface area contributed by atoms with Gasteiger partial charge in [0.1, 0.15) is 5.75 Å². The molecule has 1 unspecified atom stereocenters. The van der Waals surface area contributed by atoms with Gasteiger partial charge in [0.2, 0.25) is 11.8 Å². The molecule has 1 atom stereocenters. The van der Waals surface area contributed by atoms with Gasteiger partial charge in [-0.2, -0.15) is 0 Å². The van der Waals surface area contributed by atoms with Gasteiger partial charge in [-0.15, -0.1) is 0 Å². The van der Waals surface area contributed by atoms with E-state index in [1.54, 1.807) is 7.11 Å².